The van der Waals surface area contributed by atoms with Gasteiger partial charge in [0.25, 0.3) is 5.56 Å². The quantitative estimate of drug-likeness (QED) is 0.745. The van der Waals surface area contributed by atoms with Gasteiger partial charge in [-0.1, -0.05) is 13.3 Å². The smallest absolute Gasteiger partial charge is 0.254 e. The Bertz CT molecular complexity index is 491. The summed E-state index contributed by atoms with van der Waals surface area (Å²) in [5, 5.41) is -0.394. The number of hydrogen-bond donors (Lipinski definition) is 0. The maximum atomic E-state index is 12.3. The van der Waals surface area contributed by atoms with E-state index in [1.54, 1.807) is 4.57 Å². The van der Waals surface area contributed by atoms with Crippen molar-refractivity contribution in [2.24, 2.45) is 0 Å². The molecule has 1 aromatic heterocycles. The van der Waals surface area contributed by atoms with Gasteiger partial charge in [0.1, 0.15) is 0 Å². The van der Waals surface area contributed by atoms with E-state index in [-0.39, 0.29) is 12.0 Å². The lowest BCUT2D eigenvalue weighted by Crippen LogP contribution is -2.27. The normalized spacial score (nSPS) is 10.7. The van der Waals surface area contributed by atoms with Crippen molar-refractivity contribution >= 4 is 16.8 Å². The first-order chi connectivity index (χ1) is 8.47. The van der Waals surface area contributed by atoms with Crippen molar-refractivity contribution in [3.8, 4) is 0 Å². The second-order valence-electron chi connectivity index (χ2n) is 4.61. The van der Waals surface area contributed by atoms with Gasteiger partial charge in [-0.15, -0.1) is 0 Å². The molecule has 1 heterocycles. The van der Waals surface area contributed by atoms with Crippen LogP contribution in [0.1, 0.15) is 43.0 Å². The molecule has 0 amide bonds. The predicted molar refractivity (Wildman–Crippen MR) is 74.3 cm³/mol. The van der Waals surface area contributed by atoms with Crippen molar-refractivity contribution in [3.63, 3.8) is 0 Å². The topological polar surface area (TPSA) is 39.1 Å². The molecule has 3 nitrogen and oxygen atoms in total. The minimum absolute atomic E-state index is 0.0267. The van der Waals surface area contributed by atoms with Gasteiger partial charge >= 0.3 is 0 Å². The molecular formula is C14H20ClNO2. The minimum Gasteiger partial charge on any atom is -0.313 e. The maximum Gasteiger partial charge on any atom is 0.254 e. The molecule has 0 spiro atoms. The van der Waals surface area contributed by atoms with Gasteiger partial charge in [0.05, 0.1) is 0 Å². The Morgan fingerprint density at radius 1 is 1.39 bits per heavy atom. The largest absolute Gasteiger partial charge is 0.313 e. The molecule has 0 radical (unpaired) electrons. The zero-order chi connectivity index (χ0) is 13.7. The molecular weight excluding hydrogens is 250 g/mol. The first kappa shape index (κ1) is 15.0. The predicted octanol–water partition coefficient (Wildman–Crippen LogP) is 2.96. The number of hydrogen-bond acceptors (Lipinski definition) is 2. The van der Waals surface area contributed by atoms with E-state index < -0.39 is 5.24 Å². The summed E-state index contributed by atoms with van der Waals surface area (Å²) < 4.78 is 1.80. The van der Waals surface area contributed by atoms with Gasteiger partial charge in [0, 0.05) is 24.2 Å². The molecule has 0 saturated carbocycles. The van der Waals surface area contributed by atoms with E-state index in [2.05, 4.69) is 6.92 Å². The number of carbonyl (C=O) groups is 1. The van der Waals surface area contributed by atoms with Crippen LogP contribution >= 0.6 is 11.6 Å². The Labute approximate surface area is 113 Å². The van der Waals surface area contributed by atoms with E-state index in [4.69, 9.17) is 11.6 Å². The highest BCUT2D eigenvalue weighted by atomic mass is 35.5. The summed E-state index contributed by atoms with van der Waals surface area (Å²) in [7, 11) is 0. The van der Waals surface area contributed by atoms with Crippen LogP contribution in [0.3, 0.4) is 0 Å². The molecule has 1 rings (SSSR count). The molecule has 0 fully saturated rings. The lowest BCUT2D eigenvalue weighted by molar-refractivity contribution is -0.111. The number of aromatic nitrogens is 1. The minimum atomic E-state index is -0.394. The Hall–Kier alpha value is -1.09. The zero-order valence-corrected chi connectivity index (χ0v) is 12.0. The lowest BCUT2D eigenvalue weighted by atomic mass is 10.1. The van der Waals surface area contributed by atoms with Crippen molar-refractivity contribution < 1.29 is 4.79 Å². The Morgan fingerprint density at radius 2 is 2.06 bits per heavy atom. The first-order valence-electron chi connectivity index (χ1n) is 6.35. The highest BCUT2D eigenvalue weighted by molar-refractivity contribution is 6.63. The highest BCUT2D eigenvalue weighted by Crippen LogP contribution is 2.10. The van der Waals surface area contributed by atoms with Gasteiger partial charge in [-0.2, -0.15) is 0 Å². The fraction of sp³-hybridized carbons (Fsp3) is 0.571. The van der Waals surface area contributed by atoms with Crippen molar-refractivity contribution in [2.45, 2.75) is 53.0 Å². The van der Waals surface area contributed by atoms with Crippen LogP contribution in [0.4, 0.5) is 0 Å². The summed E-state index contributed by atoms with van der Waals surface area (Å²) >= 11 is 5.34. The molecule has 4 heteroatoms. The van der Waals surface area contributed by atoms with E-state index in [1.165, 1.54) is 0 Å². The van der Waals surface area contributed by atoms with Crippen molar-refractivity contribution in [2.75, 3.05) is 0 Å². The van der Waals surface area contributed by atoms with Gasteiger partial charge in [-0.3, -0.25) is 9.59 Å². The van der Waals surface area contributed by atoms with E-state index in [9.17, 15) is 9.59 Å². The van der Waals surface area contributed by atoms with Gasteiger partial charge in [0.15, 0.2) is 0 Å². The van der Waals surface area contributed by atoms with Crippen LogP contribution in [-0.4, -0.2) is 9.81 Å². The average Bonchev–Trinajstić information content (AvgIpc) is 2.27. The van der Waals surface area contributed by atoms with E-state index in [1.807, 2.05) is 19.9 Å². The zero-order valence-electron chi connectivity index (χ0n) is 11.3. The SMILES string of the molecule is CCCCn1c(C)cc(C)c(CCC(=O)Cl)c1=O. The monoisotopic (exact) mass is 269 g/mol. The Kier molecular flexibility index (Phi) is 5.60. The summed E-state index contributed by atoms with van der Waals surface area (Å²) in [6, 6.07) is 2.01. The molecule has 0 saturated heterocycles. The summed E-state index contributed by atoms with van der Waals surface area (Å²) in [4.78, 5) is 23.2. The molecule has 0 unspecified atom stereocenters. The van der Waals surface area contributed by atoms with Crippen LogP contribution in [0.15, 0.2) is 10.9 Å². The molecule has 0 N–H and O–H groups in total. The Balaban J connectivity index is 3.09. The first-order valence-corrected chi connectivity index (χ1v) is 6.73. The van der Waals surface area contributed by atoms with Gasteiger partial charge in [0.2, 0.25) is 5.24 Å². The van der Waals surface area contributed by atoms with Crippen LogP contribution in [-0.2, 0) is 17.8 Å². The van der Waals surface area contributed by atoms with Crippen LogP contribution in [0.5, 0.6) is 0 Å². The molecule has 0 atom stereocenters. The van der Waals surface area contributed by atoms with Crippen LogP contribution in [0.2, 0.25) is 0 Å². The Morgan fingerprint density at radius 3 is 2.61 bits per heavy atom. The van der Waals surface area contributed by atoms with Crippen LogP contribution < -0.4 is 5.56 Å². The molecule has 0 aliphatic heterocycles. The van der Waals surface area contributed by atoms with Gasteiger partial charge < -0.3 is 4.57 Å². The average molecular weight is 270 g/mol. The fourth-order valence-electron chi connectivity index (χ4n) is 2.09. The van der Waals surface area contributed by atoms with Crippen LogP contribution in [0.25, 0.3) is 0 Å². The number of aryl methyl sites for hydroxylation is 2. The second kappa shape index (κ2) is 6.74. The highest BCUT2D eigenvalue weighted by Gasteiger charge is 2.11. The molecule has 0 aliphatic rings. The molecule has 0 aliphatic carbocycles. The number of nitrogens with zero attached hydrogens (tertiary/aromatic N) is 1. The number of carbonyl (C=O) groups excluding carboxylic acids is 1. The molecule has 100 valence electrons. The van der Waals surface area contributed by atoms with Crippen molar-refractivity contribution in [3.05, 3.63) is 33.2 Å². The fourth-order valence-corrected chi connectivity index (χ4v) is 2.19. The third-order valence-electron chi connectivity index (χ3n) is 3.14. The summed E-state index contributed by atoms with van der Waals surface area (Å²) in [5.74, 6) is 0. The third kappa shape index (κ3) is 3.70. The van der Waals surface area contributed by atoms with Crippen molar-refractivity contribution in [1.82, 2.24) is 4.57 Å². The molecule has 0 bridgehead atoms. The van der Waals surface area contributed by atoms with Gasteiger partial charge in [-0.05, 0) is 49.9 Å². The summed E-state index contributed by atoms with van der Waals surface area (Å²) in [6.45, 7) is 6.69. The standard InChI is InChI=1S/C14H20ClNO2/c1-4-5-8-16-11(3)9-10(2)12(14(16)18)6-7-13(15)17/h9H,4-8H2,1-3H3. The number of unbranched alkanes of at least 4 members (excludes halogenated alkanes) is 1. The van der Waals surface area contributed by atoms with Crippen molar-refractivity contribution in [1.29, 1.82) is 0 Å². The second-order valence-corrected chi connectivity index (χ2v) is 5.03. The van der Waals surface area contributed by atoms with Crippen LogP contribution in [0, 0.1) is 13.8 Å². The summed E-state index contributed by atoms with van der Waals surface area (Å²) in [6.07, 6.45) is 2.68. The van der Waals surface area contributed by atoms with E-state index in [0.29, 0.717) is 12.0 Å². The third-order valence-corrected chi connectivity index (χ3v) is 3.33. The van der Waals surface area contributed by atoms with Gasteiger partial charge in [-0.25, -0.2) is 0 Å². The number of rotatable bonds is 6. The molecule has 18 heavy (non-hydrogen) atoms. The lowest BCUT2D eigenvalue weighted by Gasteiger charge is -2.13. The summed E-state index contributed by atoms with van der Waals surface area (Å²) in [5.41, 5.74) is 2.67. The molecule has 0 aromatic carbocycles. The van der Waals surface area contributed by atoms with E-state index in [0.717, 1.165) is 30.6 Å². The molecule has 1 aromatic rings. The maximum absolute atomic E-state index is 12.3. The van der Waals surface area contributed by atoms with E-state index >= 15 is 0 Å². The number of pyridine rings is 1. The number of halogens is 1.